The zero-order valence-corrected chi connectivity index (χ0v) is 9.67. The van der Waals surface area contributed by atoms with Crippen LogP contribution in [0.1, 0.15) is 6.23 Å². The van der Waals surface area contributed by atoms with Crippen molar-refractivity contribution in [1.29, 1.82) is 0 Å². The van der Waals surface area contributed by atoms with Gasteiger partial charge < -0.3 is 20.7 Å². The predicted octanol–water partition coefficient (Wildman–Crippen LogP) is -1.77. The van der Waals surface area contributed by atoms with E-state index >= 15 is 0 Å². The van der Waals surface area contributed by atoms with E-state index in [9.17, 15) is 9.90 Å². The highest BCUT2D eigenvalue weighted by Gasteiger charge is 2.43. The highest BCUT2D eigenvalue weighted by atomic mass is 16.5. The monoisotopic (exact) mass is 265 g/mol. The molecule has 1 fully saturated rings. The lowest BCUT2D eigenvalue weighted by molar-refractivity contribution is -0.130. The number of Topliss-reactive ketones (excluding diaryl/α,β-unsaturated/α-hetero) is 1. The van der Waals surface area contributed by atoms with Crippen molar-refractivity contribution in [3.8, 4) is 0 Å². The van der Waals surface area contributed by atoms with Crippen molar-refractivity contribution in [1.82, 2.24) is 19.5 Å². The molecule has 100 valence electrons. The van der Waals surface area contributed by atoms with Gasteiger partial charge in [0.25, 0.3) is 0 Å². The van der Waals surface area contributed by atoms with Crippen LogP contribution in [0.15, 0.2) is 12.7 Å². The number of hydrogen-bond acceptors (Lipinski definition) is 8. The van der Waals surface area contributed by atoms with E-state index in [1.54, 1.807) is 0 Å². The summed E-state index contributed by atoms with van der Waals surface area (Å²) in [7, 11) is 0. The van der Waals surface area contributed by atoms with Crippen LogP contribution in [0.5, 0.6) is 0 Å². The summed E-state index contributed by atoms with van der Waals surface area (Å²) in [5.74, 6) is -0.371. The summed E-state index contributed by atoms with van der Waals surface area (Å²) in [6, 6.07) is 0. The Morgan fingerprint density at radius 2 is 2.21 bits per heavy atom. The number of ether oxygens (including phenoxy) is 1. The van der Waals surface area contributed by atoms with Gasteiger partial charge in [-0.2, -0.15) is 0 Å². The number of nitrogens with two attached hydrogens (primary N) is 1. The van der Waals surface area contributed by atoms with Crippen molar-refractivity contribution >= 4 is 22.8 Å². The van der Waals surface area contributed by atoms with Gasteiger partial charge in [0.15, 0.2) is 17.7 Å². The molecule has 2 aromatic heterocycles. The molecule has 3 heterocycles. The molecule has 9 nitrogen and oxygen atoms in total. The Morgan fingerprint density at radius 1 is 1.42 bits per heavy atom. The first kappa shape index (κ1) is 12.0. The van der Waals surface area contributed by atoms with Crippen LogP contribution in [0.3, 0.4) is 0 Å². The number of fused-ring (bicyclic) bond motifs is 1. The average molecular weight is 265 g/mol. The molecule has 9 heteroatoms. The second-order valence-electron chi connectivity index (χ2n) is 4.14. The van der Waals surface area contributed by atoms with Gasteiger partial charge in [-0.05, 0) is 0 Å². The molecule has 1 saturated heterocycles. The molecule has 0 saturated carbocycles. The number of nitrogens with zero attached hydrogens (tertiary/aromatic N) is 4. The molecule has 0 amide bonds. The Balaban J connectivity index is 2.06. The molecule has 0 spiro atoms. The van der Waals surface area contributed by atoms with Crippen LogP contribution < -0.4 is 5.73 Å². The molecular weight excluding hydrogens is 254 g/mol. The van der Waals surface area contributed by atoms with Crippen LogP contribution >= 0.6 is 0 Å². The second kappa shape index (κ2) is 4.23. The predicted molar refractivity (Wildman–Crippen MR) is 61.7 cm³/mol. The van der Waals surface area contributed by atoms with E-state index in [-0.39, 0.29) is 5.82 Å². The van der Waals surface area contributed by atoms with Gasteiger partial charge >= 0.3 is 0 Å². The van der Waals surface area contributed by atoms with Gasteiger partial charge in [0, 0.05) is 0 Å². The van der Waals surface area contributed by atoms with Crippen molar-refractivity contribution in [3.05, 3.63) is 12.7 Å². The molecule has 3 rings (SSSR count). The Kier molecular flexibility index (Phi) is 2.66. The molecule has 0 aliphatic carbocycles. The minimum Gasteiger partial charge on any atom is -0.394 e. The maximum absolute atomic E-state index is 11.9. The molecular formula is C10H11N5O4. The first-order valence-electron chi connectivity index (χ1n) is 5.54. The van der Waals surface area contributed by atoms with Gasteiger partial charge in [-0.3, -0.25) is 9.36 Å². The molecule has 0 radical (unpaired) electrons. The number of ketones is 1. The number of aliphatic hydroxyl groups is 2. The zero-order chi connectivity index (χ0) is 13.6. The zero-order valence-electron chi connectivity index (χ0n) is 9.67. The maximum Gasteiger partial charge on any atom is 0.213 e. The van der Waals surface area contributed by atoms with Crippen LogP contribution in [-0.4, -0.2) is 54.3 Å². The summed E-state index contributed by atoms with van der Waals surface area (Å²) < 4.78 is 6.66. The number of imidazole rings is 1. The summed E-state index contributed by atoms with van der Waals surface area (Å²) in [6.45, 7) is -0.451. The van der Waals surface area contributed by atoms with Gasteiger partial charge in [-0.25, -0.2) is 15.0 Å². The molecule has 0 bridgehead atoms. The molecule has 4 N–H and O–H groups in total. The lowest BCUT2D eigenvalue weighted by Crippen LogP contribution is -2.29. The minimum atomic E-state index is -1.37. The largest absolute Gasteiger partial charge is 0.394 e. The van der Waals surface area contributed by atoms with E-state index in [4.69, 9.17) is 15.6 Å². The van der Waals surface area contributed by atoms with E-state index < -0.39 is 30.8 Å². The number of rotatable bonds is 2. The summed E-state index contributed by atoms with van der Waals surface area (Å²) in [5, 5.41) is 18.6. The Morgan fingerprint density at radius 3 is 2.89 bits per heavy atom. The standard InChI is InChI=1S/C10H11N5O4/c11-8-5-9(13-2-12-8)15(3-14-5)10-7(18)6(17)4(1-16)19-10/h2-4,6,10,16-17H,1H2,(H2,11,12,13)/t4-,6-,10-/m1/s1. The van der Waals surface area contributed by atoms with Gasteiger partial charge in [0.05, 0.1) is 12.9 Å². The lowest BCUT2D eigenvalue weighted by atomic mass is 10.2. The highest BCUT2D eigenvalue weighted by molar-refractivity contribution is 5.90. The number of aliphatic hydroxyl groups excluding tert-OH is 2. The van der Waals surface area contributed by atoms with E-state index in [2.05, 4.69) is 15.0 Å². The van der Waals surface area contributed by atoms with Crippen LogP contribution in [0.4, 0.5) is 5.82 Å². The van der Waals surface area contributed by atoms with E-state index in [0.29, 0.717) is 11.2 Å². The van der Waals surface area contributed by atoms with Crippen molar-refractivity contribution in [2.75, 3.05) is 12.3 Å². The summed E-state index contributed by atoms with van der Waals surface area (Å²) in [4.78, 5) is 23.7. The maximum atomic E-state index is 11.9. The van der Waals surface area contributed by atoms with Crippen molar-refractivity contribution in [3.63, 3.8) is 0 Å². The number of carbonyl (C=O) groups excluding carboxylic acids is 1. The molecule has 19 heavy (non-hydrogen) atoms. The number of aromatic nitrogens is 4. The fourth-order valence-corrected chi connectivity index (χ4v) is 2.02. The smallest absolute Gasteiger partial charge is 0.213 e. The summed E-state index contributed by atoms with van der Waals surface area (Å²) in [6.07, 6.45) is -0.813. The number of hydrogen-bond donors (Lipinski definition) is 3. The normalized spacial score (nSPS) is 27.3. The van der Waals surface area contributed by atoms with Crippen molar-refractivity contribution < 1.29 is 19.7 Å². The van der Waals surface area contributed by atoms with E-state index in [1.807, 2.05) is 0 Å². The molecule has 1 aliphatic heterocycles. The molecule has 3 atom stereocenters. The first-order chi connectivity index (χ1) is 9.13. The third-order valence-corrected chi connectivity index (χ3v) is 3.01. The molecule has 2 aromatic rings. The van der Waals surface area contributed by atoms with Crippen LogP contribution in [0.25, 0.3) is 11.2 Å². The summed E-state index contributed by atoms with van der Waals surface area (Å²) in [5.41, 5.74) is 6.32. The molecule has 1 aliphatic rings. The van der Waals surface area contributed by atoms with Crippen molar-refractivity contribution in [2.45, 2.75) is 18.4 Å². The van der Waals surface area contributed by atoms with Gasteiger partial charge in [0.2, 0.25) is 5.78 Å². The third-order valence-electron chi connectivity index (χ3n) is 3.01. The topological polar surface area (TPSA) is 136 Å². The van der Waals surface area contributed by atoms with Gasteiger partial charge in [0.1, 0.15) is 24.1 Å². The number of carbonyl (C=O) groups is 1. The van der Waals surface area contributed by atoms with Crippen molar-refractivity contribution in [2.24, 2.45) is 0 Å². The average Bonchev–Trinajstić information content (AvgIpc) is 2.94. The number of nitrogen functional groups attached to an aromatic ring is 1. The first-order valence-corrected chi connectivity index (χ1v) is 5.54. The Labute approximate surface area is 106 Å². The Bertz CT molecular complexity index is 642. The van der Waals surface area contributed by atoms with Gasteiger partial charge in [-0.15, -0.1) is 0 Å². The van der Waals surface area contributed by atoms with Gasteiger partial charge in [-0.1, -0.05) is 0 Å². The van der Waals surface area contributed by atoms with Crippen LogP contribution in [0, 0.1) is 0 Å². The second-order valence-corrected chi connectivity index (χ2v) is 4.14. The van der Waals surface area contributed by atoms with E-state index in [0.717, 1.165) is 0 Å². The minimum absolute atomic E-state index is 0.188. The summed E-state index contributed by atoms with van der Waals surface area (Å²) >= 11 is 0. The third kappa shape index (κ3) is 1.67. The lowest BCUT2D eigenvalue weighted by Gasteiger charge is -2.11. The fraction of sp³-hybridized carbons (Fsp3) is 0.400. The highest BCUT2D eigenvalue weighted by Crippen LogP contribution is 2.28. The molecule has 0 aromatic carbocycles. The van der Waals surface area contributed by atoms with Crippen LogP contribution in [0.2, 0.25) is 0 Å². The SMILES string of the molecule is Nc1ncnc2c1ncn2[C@@H]1O[C@H](CO)[C@@H](O)C1=O. The Hall–Kier alpha value is -2.10. The van der Waals surface area contributed by atoms with Crippen LogP contribution in [-0.2, 0) is 9.53 Å². The quantitative estimate of drug-likeness (QED) is 0.580. The number of anilines is 1. The van der Waals surface area contributed by atoms with E-state index in [1.165, 1.54) is 17.2 Å². The molecule has 0 unspecified atom stereocenters. The fourth-order valence-electron chi connectivity index (χ4n) is 2.02.